The van der Waals surface area contributed by atoms with Gasteiger partial charge in [-0.1, -0.05) is 152 Å². The van der Waals surface area contributed by atoms with Gasteiger partial charge in [-0.05, 0) is 69.5 Å². The van der Waals surface area contributed by atoms with E-state index < -0.39 is 5.41 Å². The Morgan fingerprint density at radius 1 is 0.471 bits per heavy atom. The smallest absolute Gasteiger partial charge is 0.192 e. The van der Waals surface area contributed by atoms with Gasteiger partial charge in [-0.15, -0.1) is 0 Å². The lowest BCUT2D eigenvalue weighted by molar-refractivity contribution is 0.103. The number of carbonyl (C=O) groups excluding carboxylic acids is 1. The highest BCUT2D eigenvalue weighted by Crippen LogP contribution is 2.63. The maximum Gasteiger partial charge on any atom is 0.192 e. The molecule has 3 aliphatic rings. The monoisotopic (exact) mass is 653 g/mol. The Kier molecular flexibility index (Phi) is 6.65. The summed E-state index contributed by atoms with van der Waals surface area (Å²) in [6.07, 6.45) is 7.98. The van der Waals surface area contributed by atoms with Crippen molar-refractivity contribution < 1.29 is 4.79 Å². The number of hydrogen-bond donors (Lipinski definition) is 0. The van der Waals surface area contributed by atoms with Crippen LogP contribution in [0.3, 0.4) is 0 Å². The van der Waals surface area contributed by atoms with Gasteiger partial charge in [0.2, 0.25) is 0 Å². The Bertz CT molecular complexity index is 2530. The summed E-state index contributed by atoms with van der Waals surface area (Å²) in [6, 6.07) is 50.5. The average Bonchev–Trinajstić information content (AvgIpc) is 3.68. The van der Waals surface area contributed by atoms with Gasteiger partial charge in [0.15, 0.2) is 23.3 Å². The van der Waals surface area contributed by atoms with E-state index in [2.05, 4.69) is 91.0 Å². The third-order valence-corrected chi connectivity index (χ3v) is 10.6. The van der Waals surface area contributed by atoms with Gasteiger partial charge in [0.1, 0.15) is 0 Å². The molecule has 4 nitrogen and oxygen atoms in total. The number of hydrogen-bond acceptors (Lipinski definition) is 4. The largest absolute Gasteiger partial charge is 0.289 e. The zero-order valence-corrected chi connectivity index (χ0v) is 27.8. The summed E-state index contributed by atoms with van der Waals surface area (Å²) in [5, 5.41) is 0. The second-order valence-electron chi connectivity index (χ2n) is 13.4. The lowest BCUT2D eigenvalue weighted by Crippen LogP contribution is -2.26. The molecule has 0 N–H and O–H groups in total. The zero-order chi connectivity index (χ0) is 33.9. The number of nitrogens with zero attached hydrogens (tertiary/aromatic N) is 3. The van der Waals surface area contributed by atoms with Crippen LogP contribution in [0.5, 0.6) is 0 Å². The van der Waals surface area contributed by atoms with Crippen LogP contribution in [0.15, 0.2) is 169 Å². The van der Waals surface area contributed by atoms with Gasteiger partial charge >= 0.3 is 0 Å². The molecule has 0 saturated carbocycles. The molecule has 0 amide bonds. The van der Waals surface area contributed by atoms with Crippen LogP contribution in [0.1, 0.15) is 45.5 Å². The molecule has 1 unspecified atom stereocenters. The number of ketones is 1. The molecule has 6 aromatic carbocycles. The van der Waals surface area contributed by atoms with E-state index in [4.69, 9.17) is 15.0 Å². The number of benzene rings is 6. The predicted molar refractivity (Wildman–Crippen MR) is 203 cm³/mol. The second-order valence-corrected chi connectivity index (χ2v) is 13.4. The molecule has 0 saturated heterocycles. The molecule has 0 bridgehead atoms. The van der Waals surface area contributed by atoms with Gasteiger partial charge < -0.3 is 0 Å². The molecule has 0 fully saturated rings. The van der Waals surface area contributed by atoms with Gasteiger partial charge in [0, 0.05) is 27.8 Å². The minimum atomic E-state index is -0.626. The van der Waals surface area contributed by atoms with E-state index in [-0.39, 0.29) is 5.78 Å². The molecule has 10 rings (SSSR count). The van der Waals surface area contributed by atoms with Crippen molar-refractivity contribution in [3.8, 4) is 56.4 Å². The van der Waals surface area contributed by atoms with E-state index in [0.29, 0.717) is 23.0 Å². The molecule has 0 aliphatic heterocycles. The molecule has 1 heterocycles. The third-order valence-electron chi connectivity index (χ3n) is 10.6. The van der Waals surface area contributed by atoms with Crippen LogP contribution in [0.25, 0.3) is 56.4 Å². The van der Waals surface area contributed by atoms with Crippen molar-refractivity contribution >= 4 is 5.78 Å². The van der Waals surface area contributed by atoms with Crippen LogP contribution in [0.2, 0.25) is 0 Å². The lowest BCUT2D eigenvalue weighted by Gasteiger charge is -2.31. The minimum absolute atomic E-state index is 0.0622. The summed E-state index contributed by atoms with van der Waals surface area (Å²) in [7, 11) is 0. The molecular formula is C47H31N3O. The van der Waals surface area contributed by atoms with Gasteiger partial charge in [-0.25, -0.2) is 15.0 Å². The average molecular weight is 654 g/mol. The molecular weight excluding hydrogens is 623 g/mol. The first-order valence-corrected chi connectivity index (χ1v) is 17.5. The number of aromatic nitrogens is 3. The predicted octanol–water partition coefficient (Wildman–Crippen LogP) is 10.7. The van der Waals surface area contributed by atoms with Crippen molar-refractivity contribution in [3.05, 3.63) is 197 Å². The first-order chi connectivity index (χ1) is 25.2. The van der Waals surface area contributed by atoms with E-state index in [9.17, 15) is 4.79 Å². The van der Waals surface area contributed by atoms with E-state index in [0.717, 1.165) is 51.8 Å². The van der Waals surface area contributed by atoms with Gasteiger partial charge in [0.25, 0.3) is 0 Å². The van der Waals surface area contributed by atoms with Crippen molar-refractivity contribution in [3.63, 3.8) is 0 Å². The molecule has 4 heteroatoms. The fourth-order valence-corrected chi connectivity index (χ4v) is 8.31. The summed E-state index contributed by atoms with van der Waals surface area (Å²) in [5.41, 5.74) is 13.1. The quantitative estimate of drug-likeness (QED) is 0.174. The molecule has 1 atom stereocenters. The van der Waals surface area contributed by atoms with Crippen molar-refractivity contribution in [2.75, 3.05) is 0 Å². The standard InChI is InChI=1S/C47H31N3O/c51-43(30-14-4-1-5-15-30)33-24-26-37-35-20-10-12-22-39(35)47(41(37)28-33)40-23-13-11-21-36(40)38-27-25-34(29-42(38)47)46-49-44(31-16-6-2-7-17-31)48-45(50-46)32-18-8-3-9-19-32/h2-4,6-29H,1,5H2. The van der Waals surface area contributed by atoms with Crippen LogP contribution in [0, 0.1) is 0 Å². The number of Topliss-reactive ketones (excluding diaryl/α,β-unsaturated/α-hetero) is 1. The zero-order valence-electron chi connectivity index (χ0n) is 27.8. The van der Waals surface area contributed by atoms with Crippen LogP contribution < -0.4 is 0 Å². The van der Waals surface area contributed by atoms with Gasteiger partial charge in [0.05, 0.1) is 5.41 Å². The minimum Gasteiger partial charge on any atom is -0.289 e. The lowest BCUT2D eigenvalue weighted by atomic mass is 9.70. The highest BCUT2D eigenvalue weighted by atomic mass is 16.1. The van der Waals surface area contributed by atoms with Gasteiger partial charge in [-0.3, -0.25) is 4.79 Å². The number of carbonyl (C=O) groups is 1. The van der Waals surface area contributed by atoms with E-state index in [1.54, 1.807) is 0 Å². The summed E-state index contributed by atoms with van der Waals surface area (Å²) in [4.78, 5) is 29.1. The number of fused-ring (bicyclic) bond motifs is 10. The van der Waals surface area contributed by atoms with Crippen molar-refractivity contribution in [1.29, 1.82) is 0 Å². The fraction of sp³-hybridized carbons (Fsp3) is 0.0638. The summed E-state index contributed by atoms with van der Waals surface area (Å²) in [6.45, 7) is 0. The van der Waals surface area contributed by atoms with Crippen LogP contribution in [0.4, 0.5) is 0 Å². The maximum atomic E-state index is 14.0. The third kappa shape index (κ3) is 4.46. The number of allylic oxidation sites excluding steroid dienone is 4. The highest BCUT2D eigenvalue weighted by molar-refractivity contribution is 6.11. The first kappa shape index (κ1) is 29.4. The topological polar surface area (TPSA) is 55.7 Å². The van der Waals surface area contributed by atoms with Gasteiger partial charge in [-0.2, -0.15) is 0 Å². The van der Waals surface area contributed by atoms with Crippen LogP contribution in [-0.4, -0.2) is 20.7 Å². The summed E-state index contributed by atoms with van der Waals surface area (Å²) < 4.78 is 0. The Labute approximate surface area is 296 Å². The molecule has 1 aromatic heterocycles. The Morgan fingerprint density at radius 2 is 0.980 bits per heavy atom. The van der Waals surface area contributed by atoms with Crippen LogP contribution >= 0.6 is 0 Å². The molecule has 1 spiro atoms. The highest BCUT2D eigenvalue weighted by Gasteiger charge is 2.52. The van der Waals surface area contributed by atoms with E-state index >= 15 is 0 Å². The SMILES string of the molecule is O=C(C1=CCCC=C1)c1ccc2c(c1)C1(c3ccccc3-2)c2ccccc2-c2ccc(-c3nc(-c4ccccc4)nc(-c4ccccc4)n3)cc21. The normalized spacial score (nSPS) is 16.3. The maximum absolute atomic E-state index is 14.0. The first-order valence-electron chi connectivity index (χ1n) is 17.5. The summed E-state index contributed by atoms with van der Waals surface area (Å²) >= 11 is 0. The van der Waals surface area contributed by atoms with Crippen LogP contribution in [-0.2, 0) is 5.41 Å². The van der Waals surface area contributed by atoms with Crippen molar-refractivity contribution in [2.45, 2.75) is 18.3 Å². The Balaban J connectivity index is 1.22. The molecule has 3 aliphatic carbocycles. The second kappa shape index (κ2) is 11.5. The molecule has 51 heavy (non-hydrogen) atoms. The Hall–Kier alpha value is -6.52. The summed E-state index contributed by atoms with van der Waals surface area (Å²) in [5.74, 6) is 1.93. The molecule has 240 valence electrons. The Morgan fingerprint density at radius 3 is 1.57 bits per heavy atom. The molecule has 7 aromatic rings. The molecule has 0 radical (unpaired) electrons. The van der Waals surface area contributed by atoms with Crippen molar-refractivity contribution in [1.82, 2.24) is 15.0 Å². The van der Waals surface area contributed by atoms with E-state index in [1.165, 1.54) is 27.8 Å². The van der Waals surface area contributed by atoms with Crippen molar-refractivity contribution in [2.24, 2.45) is 0 Å². The fourth-order valence-electron chi connectivity index (χ4n) is 8.31. The van der Waals surface area contributed by atoms with E-state index in [1.807, 2.05) is 72.8 Å². The number of rotatable bonds is 5.